The second kappa shape index (κ2) is 9.28. The van der Waals surface area contributed by atoms with Crippen molar-refractivity contribution in [1.82, 2.24) is 9.78 Å². The van der Waals surface area contributed by atoms with Crippen molar-refractivity contribution < 1.29 is 18.3 Å². The zero-order chi connectivity index (χ0) is 21.8. The molecule has 0 aliphatic carbocycles. The normalized spacial score (nSPS) is 10.8. The van der Waals surface area contributed by atoms with Crippen molar-refractivity contribution in [1.29, 1.82) is 0 Å². The Labute approximate surface area is 185 Å². The van der Waals surface area contributed by atoms with Gasteiger partial charge in [-0.3, -0.25) is 9.48 Å². The summed E-state index contributed by atoms with van der Waals surface area (Å²) in [6, 6.07) is 12.0. The fourth-order valence-corrected chi connectivity index (χ4v) is 3.84. The molecule has 1 N–H and O–H groups in total. The molecule has 0 bridgehead atoms. The minimum atomic E-state index is -0.436. The average Bonchev–Trinajstić information content (AvgIpc) is 3.39. The summed E-state index contributed by atoms with van der Waals surface area (Å²) in [5.74, 6) is -0.971. The molecular formula is C22H16ClF2N3O2S. The lowest BCUT2D eigenvalue weighted by molar-refractivity contribution is 0.103. The summed E-state index contributed by atoms with van der Waals surface area (Å²) < 4.78 is 33.9. The number of hydrogen-bond acceptors (Lipinski definition) is 4. The Balaban J connectivity index is 1.35. The first-order chi connectivity index (χ1) is 15.0. The van der Waals surface area contributed by atoms with Gasteiger partial charge in [0, 0.05) is 16.8 Å². The summed E-state index contributed by atoms with van der Waals surface area (Å²) in [7, 11) is 0. The minimum Gasteiger partial charge on any atom is -0.486 e. The molecule has 0 spiro atoms. The Kier molecular flexibility index (Phi) is 6.29. The van der Waals surface area contributed by atoms with Crippen LogP contribution in [0.15, 0.2) is 66.3 Å². The summed E-state index contributed by atoms with van der Waals surface area (Å²) in [5.41, 5.74) is 1.99. The number of anilines is 1. The number of benzene rings is 2. The molecule has 0 aliphatic heterocycles. The fraction of sp³-hybridized carbons (Fsp3) is 0.0909. The average molecular weight is 460 g/mol. The first-order valence-corrected chi connectivity index (χ1v) is 10.5. The Bertz CT molecular complexity index is 1220. The first kappa shape index (κ1) is 21.0. The SMILES string of the molecule is O=C(Nc1cnn(Cc2ccc(F)cc2Cl)c1)c1cc(COc2ccccc2F)cs1. The molecule has 31 heavy (non-hydrogen) atoms. The molecule has 2 aromatic carbocycles. The van der Waals surface area contributed by atoms with Crippen LogP contribution in [0.25, 0.3) is 0 Å². The highest BCUT2D eigenvalue weighted by Gasteiger charge is 2.12. The van der Waals surface area contributed by atoms with Gasteiger partial charge in [-0.05, 0) is 41.3 Å². The maximum absolute atomic E-state index is 13.6. The molecule has 9 heteroatoms. The van der Waals surface area contributed by atoms with Gasteiger partial charge in [0.05, 0.1) is 23.3 Å². The highest BCUT2D eigenvalue weighted by atomic mass is 35.5. The van der Waals surface area contributed by atoms with Gasteiger partial charge in [-0.1, -0.05) is 29.8 Å². The fourth-order valence-electron chi connectivity index (χ4n) is 2.82. The van der Waals surface area contributed by atoms with E-state index in [0.29, 0.717) is 27.7 Å². The summed E-state index contributed by atoms with van der Waals surface area (Å²) >= 11 is 7.31. The Morgan fingerprint density at radius 3 is 2.84 bits per heavy atom. The predicted octanol–water partition coefficient (Wildman–Crippen LogP) is 5.76. The van der Waals surface area contributed by atoms with E-state index in [9.17, 15) is 13.6 Å². The van der Waals surface area contributed by atoms with E-state index in [1.54, 1.807) is 46.6 Å². The van der Waals surface area contributed by atoms with Gasteiger partial charge in [-0.15, -0.1) is 11.3 Å². The van der Waals surface area contributed by atoms with Crippen molar-refractivity contribution in [2.75, 3.05) is 5.32 Å². The van der Waals surface area contributed by atoms with E-state index in [0.717, 1.165) is 5.56 Å². The number of ether oxygens (including phenoxy) is 1. The van der Waals surface area contributed by atoms with Gasteiger partial charge in [0.1, 0.15) is 12.4 Å². The van der Waals surface area contributed by atoms with Crippen LogP contribution in [-0.2, 0) is 13.2 Å². The molecule has 1 amide bonds. The van der Waals surface area contributed by atoms with Crippen molar-refractivity contribution in [2.45, 2.75) is 13.2 Å². The number of hydrogen-bond donors (Lipinski definition) is 1. The lowest BCUT2D eigenvalue weighted by atomic mass is 10.2. The van der Waals surface area contributed by atoms with Crippen molar-refractivity contribution in [2.24, 2.45) is 0 Å². The van der Waals surface area contributed by atoms with E-state index in [-0.39, 0.29) is 18.3 Å². The first-order valence-electron chi connectivity index (χ1n) is 9.20. The molecule has 0 radical (unpaired) electrons. The highest BCUT2D eigenvalue weighted by molar-refractivity contribution is 7.12. The molecule has 2 aromatic heterocycles. The highest BCUT2D eigenvalue weighted by Crippen LogP contribution is 2.22. The zero-order valence-corrected chi connectivity index (χ0v) is 17.6. The number of carbonyl (C=O) groups is 1. The molecule has 0 fully saturated rings. The van der Waals surface area contributed by atoms with Crippen molar-refractivity contribution in [3.8, 4) is 5.75 Å². The van der Waals surface area contributed by atoms with Gasteiger partial charge in [0.25, 0.3) is 5.91 Å². The number of carbonyl (C=O) groups excluding carboxylic acids is 1. The van der Waals surface area contributed by atoms with E-state index in [4.69, 9.17) is 16.3 Å². The number of amides is 1. The van der Waals surface area contributed by atoms with E-state index in [2.05, 4.69) is 10.4 Å². The van der Waals surface area contributed by atoms with Crippen LogP contribution in [0.2, 0.25) is 5.02 Å². The van der Waals surface area contributed by atoms with Crippen molar-refractivity contribution in [3.63, 3.8) is 0 Å². The quantitative estimate of drug-likeness (QED) is 0.382. The van der Waals surface area contributed by atoms with E-state index in [1.165, 1.54) is 35.7 Å². The number of nitrogens with zero attached hydrogens (tertiary/aromatic N) is 2. The van der Waals surface area contributed by atoms with Crippen molar-refractivity contribution >= 4 is 34.5 Å². The lowest BCUT2D eigenvalue weighted by Crippen LogP contribution is -2.09. The summed E-state index contributed by atoms with van der Waals surface area (Å²) in [4.78, 5) is 13.0. The molecule has 0 aliphatic rings. The Hall–Kier alpha value is -3.23. The van der Waals surface area contributed by atoms with Crippen LogP contribution in [0.3, 0.4) is 0 Å². The Morgan fingerprint density at radius 2 is 2.03 bits per heavy atom. The Morgan fingerprint density at radius 1 is 1.19 bits per heavy atom. The second-order valence-corrected chi connectivity index (χ2v) is 7.97. The van der Waals surface area contributed by atoms with Gasteiger partial charge in [0.2, 0.25) is 0 Å². The van der Waals surface area contributed by atoms with Crippen molar-refractivity contribution in [3.05, 3.63) is 99.0 Å². The van der Waals surface area contributed by atoms with Crippen LogP contribution in [0.4, 0.5) is 14.5 Å². The van der Waals surface area contributed by atoms with Crippen LogP contribution >= 0.6 is 22.9 Å². The van der Waals surface area contributed by atoms with E-state index < -0.39 is 11.6 Å². The van der Waals surface area contributed by atoms with Crippen LogP contribution in [-0.4, -0.2) is 15.7 Å². The smallest absolute Gasteiger partial charge is 0.265 e. The molecule has 0 unspecified atom stereocenters. The minimum absolute atomic E-state index is 0.154. The van der Waals surface area contributed by atoms with E-state index in [1.807, 2.05) is 0 Å². The summed E-state index contributed by atoms with van der Waals surface area (Å²) in [6.07, 6.45) is 3.18. The summed E-state index contributed by atoms with van der Waals surface area (Å²) in [5, 5.41) is 9.07. The molecule has 0 atom stereocenters. The number of aromatic nitrogens is 2. The number of thiophene rings is 1. The maximum atomic E-state index is 13.6. The van der Waals surface area contributed by atoms with Crippen LogP contribution < -0.4 is 10.1 Å². The largest absolute Gasteiger partial charge is 0.486 e. The molecule has 158 valence electrons. The molecule has 2 heterocycles. The molecule has 0 saturated heterocycles. The molecule has 5 nitrogen and oxygen atoms in total. The lowest BCUT2D eigenvalue weighted by Gasteiger charge is -2.05. The third kappa shape index (κ3) is 5.28. The monoisotopic (exact) mass is 459 g/mol. The molecular weight excluding hydrogens is 444 g/mol. The predicted molar refractivity (Wildman–Crippen MR) is 116 cm³/mol. The maximum Gasteiger partial charge on any atom is 0.265 e. The third-order valence-corrected chi connectivity index (χ3v) is 5.68. The zero-order valence-electron chi connectivity index (χ0n) is 16.0. The summed E-state index contributed by atoms with van der Waals surface area (Å²) in [6.45, 7) is 0.493. The standard InChI is InChI=1S/C22H16ClF2N3O2S/c23-18-8-16(24)6-5-15(18)10-28-11-17(9-26-28)27-22(29)21-7-14(13-31-21)12-30-20-4-2-1-3-19(20)25/h1-9,11,13H,10,12H2,(H,27,29). The number of nitrogens with one attached hydrogen (secondary N) is 1. The molecule has 0 saturated carbocycles. The molecule has 4 rings (SSSR count). The third-order valence-electron chi connectivity index (χ3n) is 4.35. The number of para-hydroxylation sites is 1. The number of halogens is 3. The number of rotatable bonds is 7. The van der Waals surface area contributed by atoms with Crippen LogP contribution in [0.1, 0.15) is 20.8 Å². The van der Waals surface area contributed by atoms with Crippen LogP contribution in [0, 0.1) is 11.6 Å². The van der Waals surface area contributed by atoms with Gasteiger partial charge in [-0.25, -0.2) is 8.78 Å². The second-order valence-electron chi connectivity index (χ2n) is 6.65. The van der Waals surface area contributed by atoms with Gasteiger partial charge in [-0.2, -0.15) is 5.10 Å². The molecule has 4 aromatic rings. The van der Waals surface area contributed by atoms with Crippen LogP contribution in [0.5, 0.6) is 5.75 Å². The van der Waals surface area contributed by atoms with Gasteiger partial charge in [0.15, 0.2) is 11.6 Å². The van der Waals surface area contributed by atoms with Gasteiger partial charge < -0.3 is 10.1 Å². The topological polar surface area (TPSA) is 56.2 Å². The van der Waals surface area contributed by atoms with Gasteiger partial charge >= 0.3 is 0 Å². The van der Waals surface area contributed by atoms with E-state index >= 15 is 0 Å².